The van der Waals surface area contributed by atoms with Crippen molar-refractivity contribution in [2.45, 2.75) is 95.5 Å². The van der Waals surface area contributed by atoms with Crippen LogP contribution in [0.4, 0.5) is 0 Å². The zero-order valence-electron chi connectivity index (χ0n) is 38.7. The van der Waals surface area contributed by atoms with Crippen molar-refractivity contribution in [1.29, 1.82) is 0 Å². The zero-order valence-corrected chi connectivity index (χ0v) is 38.7. The second-order valence-electron chi connectivity index (χ2n) is 17.4. The molecule has 0 spiro atoms. The van der Waals surface area contributed by atoms with E-state index < -0.39 is 77.7 Å². The third kappa shape index (κ3) is 15.2. The molecule has 6 rings (SSSR count). The number of aromatic nitrogens is 3. The first kappa shape index (κ1) is 50.3. The average molecular weight is 938 g/mol. The van der Waals surface area contributed by atoms with Crippen LogP contribution >= 0.6 is 0 Å². The number of hydrogen-bond donors (Lipinski definition) is 9. The van der Waals surface area contributed by atoms with Gasteiger partial charge in [-0.3, -0.25) is 28.8 Å². The number of hydrogen-bond acceptors (Lipinski definition) is 8. The lowest BCUT2D eigenvalue weighted by Gasteiger charge is -2.28. The summed E-state index contributed by atoms with van der Waals surface area (Å²) in [4.78, 5) is 107. The molecule has 2 aromatic heterocycles. The van der Waals surface area contributed by atoms with Crippen LogP contribution in [0, 0.1) is 5.92 Å². The number of rotatable bonds is 24. The van der Waals surface area contributed by atoms with Crippen molar-refractivity contribution in [3.05, 3.63) is 162 Å². The number of para-hydroxylation sites is 1. The molecule has 9 N–H and O–H groups in total. The summed E-state index contributed by atoms with van der Waals surface area (Å²) in [7, 11) is 0. The van der Waals surface area contributed by atoms with Gasteiger partial charge in [-0.05, 0) is 40.7 Å². The fourth-order valence-corrected chi connectivity index (χ4v) is 8.03. The van der Waals surface area contributed by atoms with Gasteiger partial charge >= 0.3 is 5.97 Å². The Hall–Kier alpha value is -8.08. The fourth-order valence-electron chi connectivity index (χ4n) is 8.03. The molecule has 0 unspecified atom stereocenters. The fraction of sp³-hybridized carbons (Fsp3) is 0.308. The van der Waals surface area contributed by atoms with E-state index in [4.69, 9.17) is 0 Å². The molecule has 69 heavy (non-hydrogen) atoms. The molecule has 0 bridgehead atoms. The number of carboxylic acid groups (broad SMARTS) is 1. The predicted molar refractivity (Wildman–Crippen MR) is 259 cm³/mol. The first-order valence-corrected chi connectivity index (χ1v) is 22.9. The van der Waals surface area contributed by atoms with Crippen LogP contribution in [0.3, 0.4) is 0 Å². The number of nitrogens with one attached hydrogen (secondary N) is 8. The number of carboxylic acids is 1. The minimum absolute atomic E-state index is 0.0242. The molecule has 17 heteroatoms. The maximum atomic E-state index is 14.9. The van der Waals surface area contributed by atoms with E-state index in [9.17, 15) is 38.7 Å². The molecule has 0 saturated heterocycles. The first-order chi connectivity index (χ1) is 33.2. The summed E-state index contributed by atoms with van der Waals surface area (Å²) < 4.78 is 0. The van der Waals surface area contributed by atoms with Crippen molar-refractivity contribution in [2.75, 3.05) is 0 Å². The molecule has 2 heterocycles. The van der Waals surface area contributed by atoms with Gasteiger partial charge in [-0.15, -0.1) is 0 Å². The Morgan fingerprint density at radius 2 is 0.913 bits per heavy atom. The molecule has 6 amide bonds. The number of benzene rings is 4. The van der Waals surface area contributed by atoms with Gasteiger partial charge in [0.15, 0.2) is 0 Å². The maximum absolute atomic E-state index is 14.9. The molecule has 0 fully saturated rings. The molecule has 17 nitrogen and oxygen atoms in total. The number of fused-ring (bicyclic) bond motifs is 1. The summed E-state index contributed by atoms with van der Waals surface area (Å²) in [5, 5.41) is 27.3. The van der Waals surface area contributed by atoms with Crippen LogP contribution in [0.1, 0.15) is 55.1 Å². The van der Waals surface area contributed by atoms with Gasteiger partial charge < -0.3 is 47.0 Å². The SMILES string of the molecule is CC(=O)N[C@@H](Cc1ccccc1)C(=O)N[C@@H](Cc1ccccc1)C(=O)N[C@@H](Cc1c[nH]c2ccccc12)C(=O)N[C@@H](Cc1ccccc1)C(=O)N[C@@H](Cc1c[nH]cn1)C(=O)N[C@@H](CC(C)C)C(=O)O. The van der Waals surface area contributed by atoms with Crippen LogP contribution in [0.2, 0.25) is 0 Å². The normalized spacial score (nSPS) is 13.7. The van der Waals surface area contributed by atoms with Gasteiger partial charge in [-0.1, -0.05) is 123 Å². The van der Waals surface area contributed by atoms with E-state index in [-0.39, 0.29) is 44.4 Å². The van der Waals surface area contributed by atoms with Crippen LogP contribution in [0.25, 0.3) is 10.9 Å². The number of nitrogens with zero attached hydrogens (tertiary/aromatic N) is 1. The quantitative estimate of drug-likeness (QED) is 0.0430. The molecule has 6 atom stereocenters. The first-order valence-electron chi connectivity index (χ1n) is 22.9. The van der Waals surface area contributed by atoms with Crippen LogP contribution in [-0.2, 0) is 65.7 Å². The lowest BCUT2D eigenvalue weighted by Crippen LogP contribution is -2.60. The van der Waals surface area contributed by atoms with E-state index in [1.165, 1.54) is 13.3 Å². The average Bonchev–Trinajstić information content (AvgIpc) is 4.01. The van der Waals surface area contributed by atoms with E-state index in [0.29, 0.717) is 22.4 Å². The van der Waals surface area contributed by atoms with Crippen molar-refractivity contribution in [3.8, 4) is 0 Å². The molecule has 0 aliphatic carbocycles. The summed E-state index contributed by atoms with van der Waals surface area (Å²) in [6.45, 7) is 4.95. The number of aromatic amines is 2. The number of carbonyl (C=O) groups excluding carboxylic acids is 6. The van der Waals surface area contributed by atoms with Gasteiger partial charge in [-0.25, -0.2) is 9.78 Å². The predicted octanol–water partition coefficient (Wildman–Crippen LogP) is 3.46. The van der Waals surface area contributed by atoms with E-state index in [2.05, 4.69) is 46.9 Å². The summed E-state index contributed by atoms with van der Waals surface area (Å²) in [5.74, 6) is -5.33. The lowest BCUT2D eigenvalue weighted by molar-refractivity contribution is -0.142. The van der Waals surface area contributed by atoms with Crippen molar-refractivity contribution in [3.63, 3.8) is 0 Å². The lowest BCUT2D eigenvalue weighted by atomic mass is 9.99. The number of amides is 6. The molecule has 0 aliphatic rings. The molecule has 4 aromatic carbocycles. The Kier molecular flexibility index (Phi) is 18.0. The van der Waals surface area contributed by atoms with Gasteiger partial charge in [0.05, 0.1) is 12.0 Å². The van der Waals surface area contributed by atoms with Crippen molar-refractivity contribution in [2.24, 2.45) is 5.92 Å². The number of H-pyrrole nitrogens is 2. The largest absolute Gasteiger partial charge is 0.480 e. The monoisotopic (exact) mass is 937 g/mol. The number of carbonyl (C=O) groups is 7. The van der Waals surface area contributed by atoms with Gasteiger partial charge in [-0.2, -0.15) is 0 Å². The van der Waals surface area contributed by atoms with E-state index >= 15 is 0 Å². The highest BCUT2D eigenvalue weighted by molar-refractivity contribution is 5.97. The second kappa shape index (κ2) is 24.6. The van der Waals surface area contributed by atoms with Crippen LogP contribution < -0.4 is 31.9 Å². The number of imidazole rings is 1. The highest BCUT2D eigenvalue weighted by Crippen LogP contribution is 2.20. The van der Waals surface area contributed by atoms with Crippen molar-refractivity contribution < 1.29 is 38.7 Å². The summed E-state index contributed by atoms with van der Waals surface area (Å²) in [5.41, 5.74) is 4.04. The molecule has 6 aromatic rings. The van der Waals surface area contributed by atoms with Crippen molar-refractivity contribution >= 4 is 52.3 Å². The molecular weight excluding hydrogens is 879 g/mol. The molecule has 0 saturated carbocycles. The third-order valence-electron chi connectivity index (χ3n) is 11.5. The second-order valence-corrected chi connectivity index (χ2v) is 17.4. The maximum Gasteiger partial charge on any atom is 0.326 e. The van der Waals surface area contributed by atoms with Crippen LogP contribution in [0.15, 0.2) is 134 Å². The van der Waals surface area contributed by atoms with Gasteiger partial charge in [0.25, 0.3) is 0 Å². The minimum Gasteiger partial charge on any atom is -0.480 e. The van der Waals surface area contributed by atoms with Gasteiger partial charge in [0.2, 0.25) is 35.4 Å². The van der Waals surface area contributed by atoms with Crippen LogP contribution in [-0.4, -0.2) is 97.7 Å². The molecular formula is C52H59N9O8. The molecule has 0 radical (unpaired) electrons. The summed E-state index contributed by atoms with van der Waals surface area (Å²) in [6, 6.07) is 27.0. The molecule has 0 aliphatic heterocycles. The highest BCUT2D eigenvalue weighted by Gasteiger charge is 2.34. The Morgan fingerprint density at radius 3 is 1.33 bits per heavy atom. The Balaban J connectivity index is 1.31. The smallest absolute Gasteiger partial charge is 0.326 e. The van der Waals surface area contributed by atoms with E-state index in [1.807, 2.05) is 74.5 Å². The Morgan fingerprint density at radius 1 is 0.507 bits per heavy atom. The standard InChI is InChI=1S/C52H59N9O8/c1-32(2)23-46(52(68)69)61-51(67)45(28-38-30-53-31-55-38)60-49(65)43(26-36-19-11-6-12-20-36)58-50(66)44(27-37-29-54-40-22-14-13-21-39(37)40)59-48(64)42(25-35-17-9-5-10-18-35)57-47(63)41(56-33(3)62)24-34-15-7-4-8-16-34/h4-22,29-32,41-46,54H,23-28H2,1-3H3,(H,53,55)(H,56,62)(H,57,63)(H,58,66)(H,59,64)(H,60,65)(H,61,67)(H,68,69)/t41-,42-,43-,44-,45-,46-/m0/s1. The topological polar surface area (TPSA) is 256 Å². The molecule has 360 valence electrons. The van der Waals surface area contributed by atoms with Crippen LogP contribution in [0.5, 0.6) is 0 Å². The Bertz CT molecular complexity index is 2660. The minimum atomic E-state index is -1.33. The van der Waals surface area contributed by atoms with E-state index in [1.54, 1.807) is 67.0 Å². The third-order valence-corrected chi connectivity index (χ3v) is 11.5. The number of aliphatic carboxylic acids is 1. The highest BCUT2D eigenvalue weighted by atomic mass is 16.4. The van der Waals surface area contributed by atoms with E-state index in [0.717, 1.165) is 16.5 Å². The summed E-state index contributed by atoms with van der Waals surface area (Å²) in [6.07, 6.45) is 4.81. The zero-order chi connectivity index (χ0) is 49.3. The van der Waals surface area contributed by atoms with Crippen molar-refractivity contribution in [1.82, 2.24) is 46.9 Å². The van der Waals surface area contributed by atoms with Gasteiger partial charge in [0.1, 0.15) is 36.3 Å². The Labute approximate surface area is 400 Å². The van der Waals surface area contributed by atoms with Gasteiger partial charge in [0, 0.05) is 62.3 Å². The summed E-state index contributed by atoms with van der Waals surface area (Å²) >= 11 is 0.